The minimum Gasteiger partial charge on any atom is -0.507 e. The lowest BCUT2D eigenvalue weighted by Crippen LogP contribution is -2.26. The van der Waals surface area contributed by atoms with Gasteiger partial charge in [0.05, 0.1) is 10.5 Å². The molecule has 0 unspecified atom stereocenters. The van der Waals surface area contributed by atoms with Crippen molar-refractivity contribution in [2.45, 2.75) is 13.5 Å². The molecule has 0 aliphatic rings. The molecule has 0 aliphatic heterocycles. The lowest BCUT2D eigenvalue weighted by Gasteiger charge is -2.18. The normalized spacial score (nSPS) is 10.3. The van der Waals surface area contributed by atoms with Crippen molar-refractivity contribution in [2.75, 3.05) is 7.05 Å². The van der Waals surface area contributed by atoms with Crippen LogP contribution in [0.5, 0.6) is 5.75 Å². The number of nitro groups is 1. The zero-order chi connectivity index (χ0) is 16.3. The predicted molar refractivity (Wildman–Crippen MR) is 81.7 cm³/mol. The Hall–Kier alpha value is -2.89. The van der Waals surface area contributed by atoms with Gasteiger partial charge in [-0.15, -0.1) is 0 Å². The number of amides is 1. The van der Waals surface area contributed by atoms with Crippen molar-refractivity contribution < 1.29 is 14.8 Å². The number of aromatic hydroxyl groups is 1. The number of hydrogen-bond acceptors (Lipinski definition) is 4. The van der Waals surface area contributed by atoms with Crippen LogP contribution in [0, 0.1) is 17.0 Å². The van der Waals surface area contributed by atoms with Crippen molar-refractivity contribution in [1.82, 2.24) is 4.90 Å². The van der Waals surface area contributed by atoms with Gasteiger partial charge < -0.3 is 10.0 Å². The Bertz CT molecular complexity index is 728. The monoisotopic (exact) mass is 300 g/mol. The molecule has 114 valence electrons. The number of aryl methyl sites for hydroxylation is 1. The van der Waals surface area contributed by atoms with Crippen LogP contribution in [-0.4, -0.2) is 27.9 Å². The number of carbonyl (C=O) groups is 1. The molecule has 0 fully saturated rings. The van der Waals surface area contributed by atoms with E-state index in [2.05, 4.69) is 0 Å². The quantitative estimate of drug-likeness (QED) is 0.695. The van der Waals surface area contributed by atoms with E-state index >= 15 is 0 Å². The molecule has 2 rings (SSSR count). The van der Waals surface area contributed by atoms with Gasteiger partial charge >= 0.3 is 0 Å². The summed E-state index contributed by atoms with van der Waals surface area (Å²) >= 11 is 0. The van der Waals surface area contributed by atoms with E-state index in [1.807, 2.05) is 6.92 Å². The second-order valence-electron chi connectivity index (χ2n) is 5.11. The molecule has 2 aromatic carbocycles. The van der Waals surface area contributed by atoms with Crippen LogP contribution in [0.25, 0.3) is 0 Å². The summed E-state index contributed by atoms with van der Waals surface area (Å²) in [6.07, 6.45) is 0. The number of non-ortho nitro benzene ring substituents is 1. The van der Waals surface area contributed by atoms with Crippen LogP contribution in [0.15, 0.2) is 42.5 Å². The van der Waals surface area contributed by atoms with Crippen LogP contribution in [-0.2, 0) is 6.54 Å². The number of hydrogen-bond donors (Lipinski definition) is 1. The van der Waals surface area contributed by atoms with Crippen LogP contribution < -0.4 is 0 Å². The zero-order valence-corrected chi connectivity index (χ0v) is 12.3. The molecule has 0 bridgehead atoms. The van der Waals surface area contributed by atoms with Gasteiger partial charge in [0.1, 0.15) is 5.75 Å². The largest absolute Gasteiger partial charge is 0.507 e. The molecule has 22 heavy (non-hydrogen) atoms. The second-order valence-corrected chi connectivity index (χ2v) is 5.11. The highest BCUT2D eigenvalue weighted by molar-refractivity contribution is 5.96. The predicted octanol–water partition coefficient (Wildman–Crippen LogP) is 2.88. The Morgan fingerprint density at radius 3 is 2.68 bits per heavy atom. The van der Waals surface area contributed by atoms with Crippen molar-refractivity contribution >= 4 is 11.6 Å². The maximum Gasteiger partial charge on any atom is 0.269 e. The van der Waals surface area contributed by atoms with Crippen LogP contribution in [0.3, 0.4) is 0 Å². The molecular formula is C16H16N2O4. The first-order valence-corrected chi connectivity index (χ1v) is 6.67. The summed E-state index contributed by atoms with van der Waals surface area (Å²) in [4.78, 5) is 24.1. The molecule has 0 spiro atoms. The molecular weight excluding hydrogens is 284 g/mol. The van der Waals surface area contributed by atoms with Crippen molar-refractivity contribution in [2.24, 2.45) is 0 Å². The van der Waals surface area contributed by atoms with Gasteiger partial charge in [-0.3, -0.25) is 14.9 Å². The number of phenols is 1. The van der Waals surface area contributed by atoms with Crippen LogP contribution in [0.2, 0.25) is 0 Å². The van der Waals surface area contributed by atoms with Gasteiger partial charge in [0.15, 0.2) is 0 Å². The van der Waals surface area contributed by atoms with E-state index in [0.29, 0.717) is 5.56 Å². The number of nitrogens with zero attached hydrogens (tertiary/aromatic N) is 2. The molecule has 0 atom stereocenters. The van der Waals surface area contributed by atoms with E-state index in [9.17, 15) is 20.0 Å². The highest BCUT2D eigenvalue weighted by atomic mass is 16.6. The number of nitro benzene ring substituents is 1. The van der Waals surface area contributed by atoms with Gasteiger partial charge in [-0.1, -0.05) is 23.8 Å². The van der Waals surface area contributed by atoms with E-state index in [4.69, 9.17) is 0 Å². The molecule has 1 N–H and O–H groups in total. The number of phenolic OH excluding ortho intramolecular Hbond substituents is 1. The summed E-state index contributed by atoms with van der Waals surface area (Å²) in [5.74, 6) is -0.422. The van der Waals surface area contributed by atoms with Gasteiger partial charge in [0, 0.05) is 25.7 Å². The Morgan fingerprint density at radius 2 is 2.00 bits per heavy atom. The fourth-order valence-corrected chi connectivity index (χ4v) is 2.14. The average Bonchev–Trinajstić information content (AvgIpc) is 2.49. The van der Waals surface area contributed by atoms with E-state index in [1.165, 1.54) is 23.1 Å². The summed E-state index contributed by atoms with van der Waals surface area (Å²) in [5, 5.41) is 20.6. The van der Waals surface area contributed by atoms with Gasteiger partial charge in [-0.2, -0.15) is 0 Å². The third-order valence-electron chi connectivity index (χ3n) is 3.27. The van der Waals surface area contributed by atoms with Gasteiger partial charge in [0.2, 0.25) is 0 Å². The first-order chi connectivity index (χ1) is 10.4. The molecule has 0 saturated heterocycles. The maximum atomic E-state index is 12.4. The minimum atomic E-state index is -0.474. The Labute approximate surface area is 127 Å². The fraction of sp³-hybridized carbons (Fsp3) is 0.188. The lowest BCUT2D eigenvalue weighted by molar-refractivity contribution is -0.384. The van der Waals surface area contributed by atoms with Gasteiger partial charge in [-0.25, -0.2) is 0 Å². The average molecular weight is 300 g/mol. The number of benzene rings is 2. The summed E-state index contributed by atoms with van der Waals surface area (Å²) in [6, 6.07) is 10.9. The van der Waals surface area contributed by atoms with Crippen LogP contribution in [0.4, 0.5) is 5.69 Å². The molecule has 0 aliphatic carbocycles. The maximum absolute atomic E-state index is 12.4. The molecule has 6 nitrogen and oxygen atoms in total. The Morgan fingerprint density at radius 1 is 1.27 bits per heavy atom. The molecule has 0 saturated carbocycles. The minimum absolute atomic E-state index is 0.0169. The summed E-state index contributed by atoms with van der Waals surface area (Å²) < 4.78 is 0. The van der Waals surface area contributed by atoms with E-state index in [-0.39, 0.29) is 29.5 Å². The molecule has 0 heterocycles. The SMILES string of the molecule is Cc1ccc(O)c(C(=O)N(C)Cc2cccc([N+](=O)[O-])c2)c1. The van der Waals surface area contributed by atoms with E-state index in [1.54, 1.807) is 31.3 Å². The van der Waals surface area contributed by atoms with Crippen molar-refractivity contribution in [3.05, 3.63) is 69.3 Å². The van der Waals surface area contributed by atoms with Crippen LogP contribution in [0.1, 0.15) is 21.5 Å². The third-order valence-corrected chi connectivity index (χ3v) is 3.27. The highest BCUT2D eigenvalue weighted by Crippen LogP contribution is 2.21. The van der Waals surface area contributed by atoms with Crippen molar-refractivity contribution in [3.8, 4) is 5.75 Å². The topological polar surface area (TPSA) is 83.7 Å². The van der Waals surface area contributed by atoms with E-state index < -0.39 is 4.92 Å². The van der Waals surface area contributed by atoms with E-state index in [0.717, 1.165) is 5.56 Å². The molecule has 6 heteroatoms. The first-order valence-electron chi connectivity index (χ1n) is 6.67. The van der Waals surface area contributed by atoms with Gasteiger partial charge in [-0.05, 0) is 24.6 Å². The smallest absolute Gasteiger partial charge is 0.269 e. The molecule has 2 aromatic rings. The summed E-state index contributed by atoms with van der Waals surface area (Å²) in [5.41, 5.74) is 1.71. The van der Waals surface area contributed by atoms with Crippen LogP contribution >= 0.6 is 0 Å². The molecule has 0 radical (unpaired) electrons. The number of carbonyl (C=O) groups excluding carboxylic acids is 1. The Kier molecular flexibility index (Phi) is 4.41. The second kappa shape index (κ2) is 6.26. The number of rotatable bonds is 4. The zero-order valence-electron chi connectivity index (χ0n) is 12.3. The Balaban J connectivity index is 2.19. The lowest BCUT2D eigenvalue weighted by atomic mass is 10.1. The summed E-state index contributed by atoms with van der Waals surface area (Å²) in [6.45, 7) is 2.05. The van der Waals surface area contributed by atoms with Gasteiger partial charge in [0.25, 0.3) is 11.6 Å². The fourth-order valence-electron chi connectivity index (χ4n) is 2.14. The summed E-state index contributed by atoms with van der Waals surface area (Å²) in [7, 11) is 1.59. The third kappa shape index (κ3) is 3.41. The van der Waals surface area contributed by atoms with Crippen molar-refractivity contribution in [1.29, 1.82) is 0 Å². The highest BCUT2D eigenvalue weighted by Gasteiger charge is 2.17. The molecule has 0 aromatic heterocycles. The molecule has 1 amide bonds. The first kappa shape index (κ1) is 15.5. The van der Waals surface area contributed by atoms with Crippen molar-refractivity contribution in [3.63, 3.8) is 0 Å². The standard InChI is InChI=1S/C16H16N2O4/c1-11-6-7-15(19)14(8-11)16(20)17(2)10-12-4-3-5-13(9-12)18(21)22/h3-9,19H,10H2,1-2H3.